The van der Waals surface area contributed by atoms with Gasteiger partial charge in [0.1, 0.15) is 13.2 Å². The van der Waals surface area contributed by atoms with Crippen LogP contribution in [0.5, 0.6) is 11.5 Å². The fraction of sp³-hybridized carbons (Fsp3) is 0.250. The first-order valence-corrected chi connectivity index (χ1v) is 9.20. The molecule has 7 heteroatoms. The zero-order valence-electron chi connectivity index (χ0n) is 14.4. The monoisotopic (exact) mass is 432 g/mol. The third-order valence-corrected chi connectivity index (χ3v) is 4.65. The molecule has 2 aromatic rings. The van der Waals surface area contributed by atoms with Crippen LogP contribution in [0.3, 0.4) is 0 Å². The Bertz CT molecular complexity index is 877. The highest BCUT2D eigenvalue weighted by Crippen LogP contribution is 2.31. The molecule has 0 amide bonds. The van der Waals surface area contributed by atoms with Gasteiger partial charge in [0.2, 0.25) is 5.78 Å². The van der Waals surface area contributed by atoms with E-state index in [0.29, 0.717) is 40.3 Å². The number of esters is 1. The van der Waals surface area contributed by atoms with E-state index in [-0.39, 0.29) is 31.0 Å². The molecule has 0 saturated heterocycles. The standard InChI is InChI=1S/C20H17BrO6/c21-15-4-2-1-3-14(15)17(23)12-27-20(24)8-6-16(22)13-5-7-18-19(11-13)26-10-9-25-18/h1-5,7,11H,6,8-10,12H2. The van der Waals surface area contributed by atoms with E-state index in [1.54, 1.807) is 42.5 Å². The van der Waals surface area contributed by atoms with Gasteiger partial charge in [0.15, 0.2) is 23.9 Å². The molecule has 0 atom stereocenters. The molecule has 1 heterocycles. The van der Waals surface area contributed by atoms with Gasteiger partial charge in [0, 0.05) is 22.0 Å². The predicted molar refractivity (Wildman–Crippen MR) is 100 cm³/mol. The zero-order valence-corrected chi connectivity index (χ0v) is 16.0. The number of halogens is 1. The molecule has 0 aromatic heterocycles. The van der Waals surface area contributed by atoms with Crippen molar-refractivity contribution in [3.05, 3.63) is 58.1 Å². The molecule has 3 rings (SSSR count). The lowest BCUT2D eigenvalue weighted by atomic mass is 10.1. The zero-order chi connectivity index (χ0) is 19.2. The molecule has 0 spiro atoms. The molecule has 2 aromatic carbocycles. The summed E-state index contributed by atoms with van der Waals surface area (Å²) >= 11 is 3.28. The number of hydrogen-bond acceptors (Lipinski definition) is 6. The maximum absolute atomic E-state index is 12.3. The SMILES string of the molecule is O=C(CCC(=O)c1ccc2c(c1)OCCO2)OCC(=O)c1ccccc1Br. The first-order chi connectivity index (χ1) is 13.0. The maximum Gasteiger partial charge on any atom is 0.306 e. The predicted octanol–water partition coefficient (Wildman–Crippen LogP) is 3.61. The average molecular weight is 433 g/mol. The van der Waals surface area contributed by atoms with Crippen molar-refractivity contribution in [3.63, 3.8) is 0 Å². The van der Waals surface area contributed by atoms with Crippen molar-refractivity contribution in [2.24, 2.45) is 0 Å². The molecule has 0 radical (unpaired) electrons. The number of fused-ring (bicyclic) bond motifs is 1. The van der Waals surface area contributed by atoms with Gasteiger partial charge in [-0.1, -0.05) is 34.1 Å². The van der Waals surface area contributed by atoms with Crippen LogP contribution in [0.2, 0.25) is 0 Å². The molecule has 0 saturated carbocycles. The van der Waals surface area contributed by atoms with Crippen LogP contribution in [0.25, 0.3) is 0 Å². The third-order valence-electron chi connectivity index (χ3n) is 3.96. The van der Waals surface area contributed by atoms with Crippen LogP contribution in [0, 0.1) is 0 Å². The quantitative estimate of drug-likeness (QED) is 0.491. The molecule has 0 N–H and O–H groups in total. The van der Waals surface area contributed by atoms with Gasteiger partial charge in [0.05, 0.1) is 6.42 Å². The fourth-order valence-corrected chi connectivity index (χ4v) is 3.07. The average Bonchev–Trinajstić information content (AvgIpc) is 2.70. The molecule has 0 fully saturated rings. The second-order valence-corrected chi connectivity index (χ2v) is 6.70. The van der Waals surface area contributed by atoms with E-state index in [1.165, 1.54) is 0 Å². The maximum atomic E-state index is 12.3. The van der Waals surface area contributed by atoms with E-state index in [0.717, 1.165) is 0 Å². The van der Waals surface area contributed by atoms with Crippen LogP contribution in [-0.2, 0) is 9.53 Å². The smallest absolute Gasteiger partial charge is 0.306 e. The van der Waals surface area contributed by atoms with Gasteiger partial charge < -0.3 is 14.2 Å². The minimum absolute atomic E-state index is 0.0122. The molecule has 27 heavy (non-hydrogen) atoms. The second kappa shape index (κ2) is 8.81. The van der Waals surface area contributed by atoms with Crippen LogP contribution in [0.15, 0.2) is 46.9 Å². The van der Waals surface area contributed by atoms with Crippen molar-refractivity contribution in [3.8, 4) is 11.5 Å². The summed E-state index contributed by atoms with van der Waals surface area (Å²) in [7, 11) is 0. The van der Waals surface area contributed by atoms with Gasteiger partial charge in [-0.25, -0.2) is 0 Å². The Morgan fingerprint density at radius 1 is 0.926 bits per heavy atom. The Hall–Kier alpha value is -2.67. The van der Waals surface area contributed by atoms with E-state index in [2.05, 4.69) is 15.9 Å². The van der Waals surface area contributed by atoms with Crippen LogP contribution in [0.4, 0.5) is 0 Å². The van der Waals surface area contributed by atoms with E-state index >= 15 is 0 Å². The third kappa shape index (κ3) is 4.95. The van der Waals surface area contributed by atoms with Gasteiger partial charge in [-0.15, -0.1) is 0 Å². The van der Waals surface area contributed by atoms with Gasteiger partial charge in [-0.3, -0.25) is 14.4 Å². The fourth-order valence-electron chi connectivity index (χ4n) is 2.56. The summed E-state index contributed by atoms with van der Waals surface area (Å²) in [6, 6.07) is 11.8. The number of hydrogen-bond donors (Lipinski definition) is 0. The topological polar surface area (TPSA) is 78.9 Å². The molecule has 0 unspecified atom stereocenters. The summed E-state index contributed by atoms with van der Waals surface area (Å²) in [6.45, 7) is 0.548. The molecule has 0 bridgehead atoms. The summed E-state index contributed by atoms with van der Waals surface area (Å²) < 4.78 is 16.5. The summed E-state index contributed by atoms with van der Waals surface area (Å²) in [6.07, 6.45) is -0.113. The largest absolute Gasteiger partial charge is 0.486 e. The normalized spacial score (nSPS) is 12.3. The van der Waals surface area contributed by atoms with Crippen LogP contribution in [0.1, 0.15) is 33.6 Å². The van der Waals surface area contributed by atoms with E-state index in [9.17, 15) is 14.4 Å². The minimum Gasteiger partial charge on any atom is -0.486 e. The highest BCUT2D eigenvalue weighted by molar-refractivity contribution is 9.10. The highest BCUT2D eigenvalue weighted by Gasteiger charge is 2.17. The Labute approximate surface area is 164 Å². The summed E-state index contributed by atoms with van der Waals surface area (Å²) in [5.41, 5.74) is 0.883. The molecule has 0 aliphatic carbocycles. The van der Waals surface area contributed by atoms with E-state index in [4.69, 9.17) is 14.2 Å². The van der Waals surface area contributed by atoms with Gasteiger partial charge in [-0.2, -0.15) is 0 Å². The lowest BCUT2D eigenvalue weighted by Crippen LogP contribution is -2.16. The van der Waals surface area contributed by atoms with E-state index < -0.39 is 5.97 Å². The number of Topliss-reactive ketones (excluding diaryl/α,β-unsaturated/α-hetero) is 2. The van der Waals surface area contributed by atoms with Gasteiger partial charge in [0.25, 0.3) is 0 Å². The number of ether oxygens (including phenoxy) is 3. The minimum atomic E-state index is -0.596. The Balaban J connectivity index is 1.48. The number of rotatable bonds is 7. The van der Waals surface area contributed by atoms with Crippen molar-refractivity contribution in [2.45, 2.75) is 12.8 Å². The van der Waals surface area contributed by atoms with Crippen molar-refractivity contribution in [1.29, 1.82) is 0 Å². The molecule has 6 nitrogen and oxygen atoms in total. The summed E-state index contributed by atoms with van der Waals surface area (Å²) in [5.74, 6) is 0.00726. The Morgan fingerprint density at radius 3 is 2.44 bits per heavy atom. The lowest BCUT2D eigenvalue weighted by Gasteiger charge is -2.18. The number of ketones is 2. The lowest BCUT2D eigenvalue weighted by molar-refractivity contribution is -0.142. The van der Waals surface area contributed by atoms with E-state index in [1.807, 2.05) is 0 Å². The number of carbonyl (C=O) groups is 3. The Kier molecular flexibility index (Phi) is 6.24. The van der Waals surface area contributed by atoms with Gasteiger partial charge >= 0.3 is 5.97 Å². The summed E-state index contributed by atoms with van der Waals surface area (Å²) in [4.78, 5) is 36.2. The Morgan fingerprint density at radius 2 is 1.67 bits per heavy atom. The molecule has 1 aliphatic heterocycles. The van der Waals surface area contributed by atoms with Crippen molar-refractivity contribution < 1.29 is 28.6 Å². The molecule has 1 aliphatic rings. The van der Waals surface area contributed by atoms with Crippen molar-refractivity contribution in [1.82, 2.24) is 0 Å². The van der Waals surface area contributed by atoms with Crippen molar-refractivity contribution >= 4 is 33.5 Å². The van der Waals surface area contributed by atoms with Gasteiger partial charge in [-0.05, 0) is 24.3 Å². The summed E-state index contributed by atoms with van der Waals surface area (Å²) in [5, 5.41) is 0. The second-order valence-electron chi connectivity index (χ2n) is 5.85. The first-order valence-electron chi connectivity index (χ1n) is 8.41. The molecular formula is C20H17BrO6. The molecular weight excluding hydrogens is 416 g/mol. The highest BCUT2D eigenvalue weighted by atomic mass is 79.9. The number of benzene rings is 2. The van der Waals surface area contributed by atoms with Crippen LogP contribution in [-0.4, -0.2) is 37.4 Å². The van der Waals surface area contributed by atoms with Crippen molar-refractivity contribution in [2.75, 3.05) is 19.8 Å². The molecule has 140 valence electrons. The van der Waals surface area contributed by atoms with Crippen LogP contribution >= 0.6 is 15.9 Å². The number of carbonyl (C=O) groups excluding carboxylic acids is 3. The van der Waals surface area contributed by atoms with Crippen LogP contribution < -0.4 is 9.47 Å². The first kappa shape index (κ1) is 19.1.